The second-order valence-corrected chi connectivity index (χ2v) is 8.89. The molecule has 1 aliphatic rings. The number of likely N-dealkylation sites (N-methyl/N-ethyl adjacent to an activating group) is 1. The maximum absolute atomic E-state index is 10.9. The number of carbonyl (C=O) groups excluding carboxylic acids is 1. The van der Waals surface area contributed by atoms with E-state index < -0.39 is 11.9 Å². The van der Waals surface area contributed by atoms with Crippen LogP contribution < -0.4 is 5.11 Å². The number of nitrogens with zero attached hydrogens (tertiary/aromatic N) is 3. The highest BCUT2D eigenvalue weighted by atomic mass is 16.4. The van der Waals surface area contributed by atoms with Gasteiger partial charge in [0.1, 0.15) is 13.1 Å². The van der Waals surface area contributed by atoms with Crippen LogP contribution in [0.1, 0.15) is 64.7 Å². The van der Waals surface area contributed by atoms with Gasteiger partial charge in [-0.25, -0.2) is 9.79 Å². The highest BCUT2D eigenvalue weighted by Crippen LogP contribution is 2.14. The number of carbonyl (C=O) groups is 2. The molecule has 1 rings (SSSR count). The second kappa shape index (κ2) is 14.5. The first kappa shape index (κ1) is 26.5. The summed E-state index contributed by atoms with van der Waals surface area (Å²) in [4.78, 5) is 25.1. The van der Waals surface area contributed by atoms with Crippen LogP contribution in [0.25, 0.3) is 0 Å². The van der Waals surface area contributed by atoms with Gasteiger partial charge in [0.2, 0.25) is 0 Å². The summed E-state index contributed by atoms with van der Waals surface area (Å²) in [5.74, 6) is -1.72. The molecular weight excluding hydrogens is 358 g/mol. The van der Waals surface area contributed by atoms with Crippen molar-refractivity contribution in [2.24, 2.45) is 4.99 Å². The van der Waals surface area contributed by atoms with E-state index in [0.717, 1.165) is 26.1 Å². The molecule has 1 N–H and O–H groups in total. The zero-order valence-corrected chi connectivity index (χ0v) is 18.5. The molecule has 0 bridgehead atoms. The van der Waals surface area contributed by atoms with Crippen molar-refractivity contribution in [3.8, 4) is 0 Å². The van der Waals surface area contributed by atoms with E-state index in [1.54, 1.807) is 21.1 Å². The highest BCUT2D eigenvalue weighted by Gasteiger charge is 2.31. The number of unbranched alkanes of at least 4 members (excludes halogenated alkanes) is 8. The van der Waals surface area contributed by atoms with Crippen LogP contribution in [0.5, 0.6) is 0 Å². The lowest BCUT2D eigenvalue weighted by Crippen LogP contribution is -2.49. The van der Waals surface area contributed by atoms with E-state index in [4.69, 9.17) is 5.11 Å². The van der Waals surface area contributed by atoms with Crippen LogP contribution in [0.4, 0.5) is 0 Å². The average Bonchev–Trinajstić information content (AvgIpc) is 2.99. The molecule has 1 heterocycles. The van der Waals surface area contributed by atoms with Gasteiger partial charge in [0.05, 0.1) is 40.2 Å². The molecule has 1 atom stereocenters. The van der Waals surface area contributed by atoms with Crippen molar-refractivity contribution in [2.45, 2.75) is 64.7 Å². The largest absolute Gasteiger partial charge is 0.544 e. The lowest BCUT2D eigenvalue weighted by molar-refractivity contribution is -0.864. The minimum atomic E-state index is -1.00. The van der Waals surface area contributed by atoms with Crippen LogP contribution in [0.2, 0.25) is 0 Å². The van der Waals surface area contributed by atoms with Crippen molar-refractivity contribution in [2.75, 3.05) is 53.9 Å². The Hall–Kier alpha value is -1.47. The molecule has 164 valence electrons. The molecule has 1 aliphatic heterocycles. The third-order valence-electron chi connectivity index (χ3n) is 4.76. The minimum absolute atomic E-state index is 0.0694. The molecular formula is C21H42N3O4+. The van der Waals surface area contributed by atoms with Crippen LogP contribution in [0.3, 0.4) is 0 Å². The first-order chi connectivity index (χ1) is 13.1. The van der Waals surface area contributed by atoms with Crippen molar-refractivity contribution in [1.29, 1.82) is 0 Å². The van der Waals surface area contributed by atoms with Crippen LogP contribution >= 0.6 is 0 Å². The van der Waals surface area contributed by atoms with E-state index in [-0.39, 0.29) is 13.1 Å². The molecule has 28 heavy (non-hydrogen) atoms. The van der Waals surface area contributed by atoms with Crippen LogP contribution in [-0.2, 0) is 9.59 Å². The normalized spacial score (nSPS) is 18.6. The molecule has 7 nitrogen and oxygen atoms in total. The monoisotopic (exact) mass is 400 g/mol. The van der Waals surface area contributed by atoms with Crippen molar-refractivity contribution < 1.29 is 28.8 Å². The number of rotatable bonds is 14. The first-order valence-corrected chi connectivity index (χ1v) is 10.7. The number of carboxylic acid groups (broad SMARTS) is 2. The summed E-state index contributed by atoms with van der Waals surface area (Å²) in [5.41, 5.74) is 0. The van der Waals surface area contributed by atoms with Crippen LogP contribution in [0.15, 0.2) is 4.99 Å². The van der Waals surface area contributed by atoms with E-state index in [1.165, 1.54) is 51.4 Å². The molecule has 0 saturated heterocycles. The van der Waals surface area contributed by atoms with Crippen molar-refractivity contribution in [3.63, 3.8) is 0 Å². The Balaban J connectivity index is 0.000000769. The number of hydrogen-bond donors (Lipinski definition) is 1. The highest BCUT2D eigenvalue weighted by molar-refractivity contribution is 5.69. The zero-order valence-electron chi connectivity index (χ0n) is 18.5. The Morgan fingerprint density at radius 3 is 1.93 bits per heavy atom. The van der Waals surface area contributed by atoms with Crippen LogP contribution in [0, 0.1) is 0 Å². The fourth-order valence-electron chi connectivity index (χ4n) is 3.31. The molecule has 0 radical (unpaired) electrons. The molecule has 0 fully saturated rings. The number of aliphatic imine (C=N–C) groups is 1. The Morgan fingerprint density at radius 2 is 1.57 bits per heavy atom. The summed E-state index contributed by atoms with van der Waals surface area (Å²) in [5, 5.41) is 18.9. The molecule has 0 aromatic rings. The van der Waals surface area contributed by atoms with E-state index >= 15 is 0 Å². The third-order valence-corrected chi connectivity index (χ3v) is 4.76. The predicted octanol–water partition coefficient (Wildman–Crippen LogP) is 1.90. The molecule has 7 heteroatoms. The van der Waals surface area contributed by atoms with Gasteiger partial charge in [-0.05, 0) is 12.8 Å². The second-order valence-electron chi connectivity index (χ2n) is 8.89. The zero-order chi connectivity index (χ0) is 21.5. The summed E-state index contributed by atoms with van der Waals surface area (Å²) in [7, 11) is 5.40. The smallest absolute Gasteiger partial charge is 0.359 e. The maximum atomic E-state index is 10.9. The van der Waals surface area contributed by atoms with Crippen LogP contribution in [-0.4, -0.2) is 86.2 Å². The third kappa shape index (κ3) is 15.6. The molecule has 1 unspecified atom stereocenters. The summed E-state index contributed by atoms with van der Waals surface area (Å²) in [6.07, 6.45) is 13.6. The van der Waals surface area contributed by atoms with Gasteiger partial charge in [-0.1, -0.05) is 51.9 Å². The molecule has 0 aliphatic carbocycles. The van der Waals surface area contributed by atoms with Crippen molar-refractivity contribution >= 4 is 18.3 Å². The summed E-state index contributed by atoms with van der Waals surface area (Å²) in [6.45, 7) is 5.09. The Kier molecular flexibility index (Phi) is 13.8. The average molecular weight is 401 g/mol. The fourth-order valence-corrected chi connectivity index (χ4v) is 3.31. The lowest BCUT2D eigenvalue weighted by Gasteiger charge is -2.28. The summed E-state index contributed by atoms with van der Waals surface area (Å²) < 4.78 is 0.980. The van der Waals surface area contributed by atoms with Gasteiger partial charge in [-0.15, -0.1) is 0 Å². The summed E-state index contributed by atoms with van der Waals surface area (Å²) >= 11 is 0. The molecule has 0 aromatic carbocycles. The number of hydrogen-bond acceptors (Lipinski definition) is 4. The first-order valence-electron chi connectivity index (χ1n) is 10.7. The predicted molar refractivity (Wildman–Crippen MR) is 111 cm³/mol. The lowest BCUT2D eigenvalue weighted by atomic mass is 10.1. The van der Waals surface area contributed by atoms with Crippen molar-refractivity contribution in [1.82, 2.24) is 0 Å². The van der Waals surface area contributed by atoms with E-state index in [9.17, 15) is 14.7 Å². The van der Waals surface area contributed by atoms with E-state index in [0.29, 0.717) is 8.97 Å². The number of quaternary nitrogens is 2. The topological polar surface area (TPSA) is 89.8 Å². The Labute approximate surface area is 171 Å². The molecule has 0 saturated carbocycles. The van der Waals surface area contributed by atoms with E-state index in [1.807, 2.05) is 6.34 Å². The Bertz CT molecular complexity index is 475. The Morgan fingerprint density at radius 1 is 1.04 bits per heavy atom. The number of carboxylic acids is 2. The SMILES string of the molecule is CCCCCCCCCCC[N+]1(CC(=O)O)C=NCC1.C[N+](C)(C)CC(=O)[O-]. The molecule has 0 aromatic heterocycles. The molecule has 0 amide bonds. The van der Waals surface area contributed by atoms with Crippen molar-refractivity contribution in [3.05, 3.63) is 0 Å². The maximum Gasteiger partial charge on any atom is 0.359 e. The molecule has 0 spiro atoms. The van der Waals surface area contributed by atoms with Gasteiger partial charge < -0.3 is 19.5 Å². The minimum Gasteiger partial charge on any atom is -0.544 e. The van der Waals surface area contributed by atoms with Gasteiger partial charge in [-0.3, -0.25) is 4.48 Å². The van der Waals surface area contributed by atoms with Gasteiger partial charge in [0.15, 0.2) is 12.9 Å². The quantitative estimate of drug-likeness (QED) is 0.356. The van der Waals surface area contributed by atoms with Gasteiger partial charge in [-0.2, -0.15) is 0 Å². The fraction of sp³-hybridized carbons (Fsp3) is 0.857. The van der Waals surface area contributed by atoms with E-state index in [2.05, 4.69) is 11.9 Å². The number of aliphatic carboxylic acids is 2. The summed E-state index contributed by atoms with van der Waals surface area (Å²) in [6, 6.07) is 0. The van der Waals surface area contributed by atoms with Gasteiger partial charge >= 0.3 is 5.97 Å². The van der Waals surface area contributed by atoms with Gasteiger partial charge in [0, 0.05) is 0 Å². The van der Waals surface area contributed by atoms with Gasteiger partial charge in [0.25, 0.3) is 0 Å². The standard InChI is InChI=1S/C16H30N2O2.C5H11NO2/c1-2-3-4-5-6-7-8-9-10-12-18(14-16(19)20)13-11-17-15-18;1-6(2,3)4-5(7)8/h15H,2-14H2,1H3;4H2,1-3H3/p+1.